The smallest absolute Gasteiger partial charge is 0.341 e. The van der Waals surface area contributed by atoms with Crippen LogP contribution in [0.4, 0.5) is 5.00 Å². The van der Waals surface area contributed by atoms with Crippen molar-refractivity contribution in [1.29, 1.82) is 0 Å². The fraction of sp³-hybridized carbons (Fsp3) is 0.231. The lowest BCUT2D eigenvalue weighted by atomic mass is 9.89. The highest BCUT2D eigenvalue weighted by Gasteiger charge is 2.29. The molecule has 1 aliphatic carbocycles. The third-order valence-electron chi connectivity index (χ3n) is 6.06. The normalized spacial score (nSPS) is 12.2. The number of carbonyl (C=O) groups excluding carboxylic acids is 2. The highest BCUT2D eigenvalue weighted by molar-refractivity contribution is 7.99. The molecule has 0 radical (unpaired) electrons. The van der Waals surface area contributed by atoms with Crippen molar-refractivity contribution >= 4 is 50.9 Å². The Bertz CT molecular complexity index is 1520. The van der Waals surface area contributed by atoms with Crippen LogP contribution >= 0.6 is 23.1 Å². The highest BCUT2D eigenvalue weighted by Crippen LogP contribution is 2.45. The zero-order valence-corrected chi connectivity index (χ0v) is 20.9. The van der Waals surface area contributed by atoms with Gasteiger partial charge >= 0.3 is 5.97 Å². The van der Waals surface area contributed by atoms with E-state index < -0.39 is 5.97 Å². The molecule has 1 aliphatic rings. The van der Waals surface area contributed by atoms with Crippen LogP contribution in [0, 0.1) is 0 Å². The van der Waals surface area contributed by atoms with Gasteiger partial charge in [0.15, 0.2) is 5.16 Å². The SMILES string of the molecule is COC(=O)c1c(NC(=O)CCSc2nc3ccccc3c(=O)n2C)sc2c1CCc1ccccc1-2. The van der Waals surface area contributed by atoms with Gasteiger partial charge in [0.2, 0.25) is 5.91 Å². The third kappa shape index (κ3) is 4.37. The number of hydrogen-bond acceptors (Lipinski definition) is 7. The van der Waals surface area contributed by atoms with Crippen LogP contribution in [0.15, 0.2) is 58.5 Å². The van der Waals surface area contributed by atoms with E-state index in [2.05, 4.69) is 16.4 Å². The number of methoxy groups -OCH3 is 1. The lowest BCUT2D eigenvalue weighted by Gasteiger charge is -2.16. The summed E-state index contributed by atoms with van der Waals surface area (Å²) in [4.78, 5) is 43.6. The average molecular weight is 506 g/mol. The van der Waals surface area contributed by atoms with Crippen LogP contribution in [0.25, 0.3) is 21.3 Å². The van der Waals surface area contributed by atoms with Gasteiger partial charge in [0.1, 0.15) is 5.00 Å². The number of ether oxygens (including phenoxy) is 1. The van der Waals surface area contributed by atoms with Gasteiger partial charge < -0.3 is 10.1 Å². The van der Waals surface area contributed by atoms with Crippen LogP contribution in [-0.4, -0.2) is 34.3 Å². The van der Waals surface area contributed by atoms with Gasteiger partial charge in [-0.05, 0) is 41.7 Å². The number of thiophene rings is 1. The standard InChI is InChI=1S/C26H23N3O4S2/c1-29-24(31)17-9-5-6-10-19(17)27-26(29)34-14-13-20(30)28-23-21(25(32)33-2)18-12-11-15-7-3-4-8-16(15)22(18)35-23/h3-10H,11-14H2,1-2H3,(H,28,30). The topological polar surface area (TPSA) is 90.3 Å². The molecular formula is C26H23N3O4S2. The molecule has 7 nitrogen and oxygen atoms in total. The first-order chi connectivity index (χ1) is 17.0. The molecule has 1 N–H and O–H groups in total. The number of hydrogen-bond donors (Lipinski definition) is 1. The van der Waals surface area contributed by atoms with Crippen LogP contribution < -0.4 is 10.9 Å². The molecule has 4 aromatic rings. The maximum absolute atomic E-state index is 12.8. The Morgan fingerprint density at radius 1 is 1.14 bits per heavy atom. The number of amides is 1. The van der Waals surface area contributed by atoms with Gasteiger partial charge in [-0.2, -0.15) is 0 Å². The summed E-state index contributed by atoms with van der Waals surface area (Å²) in [5, 5.41) is 4.57. The minimum Gasteiger partial charge on any atom is -0.465 e. The third-order valence-corrected chi connectivity index (χ3v) is 8.27. The van der Waals surface area contributed by atoms with Crippen LogP contribution in [0.3, 0.4) is 0 Å². The maximum atomic E-state index is 12.8. The first kappa shape index (κ1) is 23.3. The van der Waals surface area contributed by atoms with Gasteiger partial charge in [0, 0.05) is 24.1 Å². The maximum Gasteiger partial charge on any atom is 0.341 e. The predicted molar refractivity (Wildman–Crippen MR) is 139 cm³/mol. The highest BCUT2D eigenvalue weighted by atomic mass is 32.2. The molecule has 0 saturated carbocycles. The molecule has 0 fully saturated rings. The summed E-state index contributed by atoms with van der Waals surface area (Å²) in [7, 11) is 3.03. The molecule has 0 unspecified atom stereocenters. The van der Waals surface area contributed by atoms with E-state index in [4.69, 9.17) is 4.74 Å². The molecule has 9 heteroatoms. The molecule has 2 aromatic carbocycles. The van der Waals surface area contributed by atoms with Crippen molar-refractivity contribution in [2.75, 3.05) is 18.2 Å². The number of para-hydroxylation sites is 1. The zero-order chi connectivity index (χ0) is 24.5. The predicted octanol–water partition coefficient (Wildman–Crippen LogP) is 4.67. The second-order valence-electron chi connectivity index (χ2n) is 8.18. The van der Waals surface area contributed by atoms with Gasteiger partial charge in [-0.1, -0.05) is 48.2 Å². The molecule has 0 spiro atoms. The molecule has 2 aromatic heterocycles. The van der Waals surface area contributed by atoms with E-state index in [9.17, 15) is 14.4 Å². The number of nitrogens with one attached hydrogen (secondary N) is 1. The summed E-state index contributed by atoms with van der Waals surface area (Å²) in [5.74, 6) is -0.214. The Morgan fingerprint density at radius 3 is 2.74 bits per heavy atom. The first-order valence-electron chi connectivity index (χ1n) is 11.2. The molecule has 1 amide bonds. The van der Waals surface area contributed by atoms with E-state index in [-0.39, 0.29) is 17.9 Å². The number of carbonyl (C=O) groups is 2. The summed E-state index contributed by atoms with van der Waals surface area (Å²) < 4.78 is 6.55. The second-order valence-corrected chi connectivity index (χ2v) is 10.3. The van der Waals surface area contributed by atoms with E-state index in [0.29, 0.717) is 32.4 Å². The van der Waals surface area contributed by atoms with Crippen LogP contribution in [0.5, 0.6) is 0 Å². The number of thioether (sulfide) groups is 1. The van der Waals surface area contributed by atoms with Crippen LogP contribution in [-0.2, 0) is 29.4 Å². The van der Waals surface area contributed by atoms with Gasteiger partial charge in [0.05, 0.1) is 23.6 Å². The molecule has 0 aliphatic heterocycles. The molecule has 5 rings (SSSR count). The van der Waals surface area contributed by atoms with Crippen molar-refractivity contribution < 1.29 is 14.3 Å². The first-order valence-corrected chi connectivity index (χ1v) is 13.0. The zero-order valence-electron chi connectivity index (χ0n) is 19.3. The van der Waals surface area contributed by atoms with Crippen molar-refractivity contribution in [3.8, 4) is 10.4 Å². The minimum absolute atomic E-state index is 0.116. The van der Waals surface area contributed by atoms with Crippen molar-refractivity contribution in [3.05, 3.63) is 75.6 Å². The van der Waals surface area contributed by atoms with E-state index in [1.54, 1.807) is 19.2 Å². The van der Waals surface area contributed by atoms with Gasteiger partial charge in [-0.3, -0.25) is 14.2 Å². The number of anilines is 1. The lowest BCUT2D eigenvalue weighted by Crippen LogP contribution is -2.20. The van der Waals surface area contributed by atoms with E-state index in [1.165, 1.54) is 40.3 Å². The Kier molecular flexibility index (Phi) is 6.44. The quantitative estimate of drug-likeness (QED) is 0.233. The number of rotatable bonds is 6. The fourth-order valence-electron chi connectivity index (χ4n) is 4.30. The number of aromatic nitrogens is 2. The Morgan fingerprint density at radius 2 is 1.91 bits per heavy atom. The second kappa shape index (κ2) is 9.67. The van der Waals surface area contributed by atoms with Crippen molar-refractivity contribution in [3.63, 3.8) is 0 Å². The van der Waals surface area contributed by atoms with Gasteiger partial charge in [0.25, 0.3) is 5.56 Å². The van der Waals surface area contributed by atoms with Crippen molar-refractivity contribution in [1.82, 2.24) is 9.55 Å². The molecule has 35 heavy (non-hydrogen) atoms. The molecule has 0 saturated heterocycles. The monoisotopic (exact) mass is 505 g/mol. The van der Waals surface area contributed by atoms with E-state index in [0.717, 1.165) is 28.8 Å². The summed E-state index contributed by atoms with van der Waals surface area (Å²) in [6.07, 6.45) is 1.76. The number of esters is 1. The number of nitrogens with zero attached hydrogens (tertiary/aromatic N) is 2. The fourth-order valence-corrected chi connectivity index (χ4v) is 6.52. The van der Waals surface area contributed by atoms with Gasteiger partial charge in [-0.25, -0.2) is 9.78 Å². The van der Waals surface area contributed by atoms with Crippen LogP contribution in [0.2, 0.25) is 0 Å². The molecule has 2 heterocycles. The van der Waals surface area contributed by atoms with Crippen LogP contribution in [0.1, 0.15) is 27.9 Å². The van der Waals surface area contributed by atoms with E-state index >= 15 is 0 Å². The summed E-state index contributed by atoms with van der Waals surface area (Å²) in [5.41, 5.74) is 4.23. The number of aryl methyl sites for hydroxylation is 1. The van der Waals surface area contributed by atoms with Gasteiger partial charge in [-0.15, -0.1) is 11.3 Å². The average Bonchev–Trinajstić information content (AvgIpc) is 3.24. The summed E-state index contributed by atoms with van der Waals surface area (Å²) >= 11 is 2.77. The summed E-state index contributed by atoms with van der Waals surface area (Å²) in [6, 6.07) is 15.4. The number of benzene rings is 2. The Balaban J connectivity index is 1.33. The minimum atomic E-state index is -0.443. The molecule has 0 atom stereocenters. The molecular weight excluding hydrogens is 482 g/mol. The Labute approximate surface area is 210 Å². The Hall–Kier alpha value is -3.43. The lowest BCUT2D eigenvalue weighted by molar-refractivity contribution is -0.115. The molecule has 0 bridgehead atoms. The molecule has 178 valence electrons. The number of fused-ring (bicyclic) bond motifs is 4. The van der Waals surface area contributed by atoms with Crippen molar-refractivity contribution in [2.45, 2.75) is 24.4 Å². The van der Waals surface area contributed by atoms with E-state index in [1.807, 2.05) is 30.3 Å². The summed E-state index contributed by atoms with van der Waals surface area (Å²) in [6.45, 7) is 0. The largest absolute Gasteiger partial charge is 0.465 e. The van der Waals surface area contributed by atoms with Crippen molar-refractivity contribution in [2.24, 2.45) is 7.05 Å².